The predicted molar refractivity (Wildman–Crippen MR) is 97.9 cm³/mol. The minimum absolute atomic E-state index is 0.156. The maximum atomic E-state index is 12.0. The molecule has 0 unspecified atom stereocenters. The maximum absolute atomic E-state index is 12.0. The normalized spacial score (nSPS) is 12.5. The Bertz CT molecular complexity index is 993. The molecule has 3 aromatic rings. The summed E-state index contributed by atoms with van der Waals surface area (Å²) in [5.41, 5.74) is 2.86. The minimum Gasteiger partial charge on any atom is -0.454 e. The Hall–Kier alpha value is -3.61. The number of nitrogens with zero attached hydrogens (tertiary/aromatic N) is 2. The monoisotopic (exact) mass is 363 g/mol. The highest BCUT2D eigenvalue weighted by Crippen LogP contribution is 2.32. The first-order valence-corrected chi connectivity index (χ1v) is 8.42. The van der Waals surface area contributed by atoms with Gasteiger partial charge in [-0.3, -0.25) is 4.79 Å². The van der Waals surface area contributed by atoms with Gasteiger partial charge in [0.25, 0.3) is 0 Å². The lowest BCUT2D eigenvalue weighted by molar-refractivity contribution is -0.116. The van der Waals surface area contributed by atoms with Crippen LogP contribution < -0.4 is 14.8 Å². The van der Waals surface area contributed by atoms with Crippen molar-refractivity contribution in [3.05, 3.63) is 65.6 Å². The number of benzene rings is 2. The average Bonchev–Trinajstić information content (AvgIpc) is 3.34. The molecule has 0 saturated carbocycles. The highest BCUT2D eigenvalue weighted by molar-refractivity contribution is 5.91. The van der Waals surface area contributed by atoms with Crippen LogP contribution in [0.5, 0.6) is 11.5 Å². The minimum atomic E-state index is -0.261. The number of carbonyl (C=O) groups excluding carboxylic acids is 1. The number of rotatable bonds is 5. The Morgan fingerprint density at radius 3 is 2.81 bits per heavy atom. The second-order valence-electron chi connectivity index (χ2n) is 6.04. The van der Waals surface area contributed by atoms with Crippen LogP contribution in [0.1, 0.15) is 17.0 Å². The molecule has 1 amide bonds. The third kappa shape index (κ3) is 3.98. The van der Waals surface area contributed by atoms with E-state index < -0.39 is 0 Å². The molecule has 1 aliphatic heterocycles. The highest BCUT2D eigenvalue weighted by atomic mass is 16.7. The largest absolute Gasteiger partial charge is 0.454 e. The number of carbonyl (C=O) groups is 1. The molecule has 0 aliphatic carbocycles. The molecule has 27 heavy (non-hydrogen) atoms. The smallest absolute Gasteiger partial charge is 0.246 e. The van der Waals surface area contributed by atoms with Gasteiger partial charge >= 0.3 is 0 Å². The summed E-state index contributed by atoms with van der Waals surface area (Å²) >= 11 is 0. The van der Waals surface area contributed by atoms with E-state index in [9.17, 15) is 4.79 Å². The molecule has 136 valence electrons. The van der Waals surface area contributed by atoms with Crippen LogP contribution in [0.2, 0.25) is 0 Å². The highest BCUT2D eigenvalue weighted by Gasteiger charge is 2.12. The van der Waals surface area contributed by atoms with Crippen molar-refractivity contribution < 1.29 is 18.8 Å². The summed E-state index contributed by atoms with van der Waals surface area (Å²) in [4.78, 5) is 16.3. The van der Waals surface area contributed by atoms with E-state index in [1.165, 1.54) is 6.08 Å². The number of ether oxygens (including phenoxy) is 2. The van der Waals surface area contributed by atoms with Crippen LogP contribution >= 0.6 is 0 Å². The quantitative estimate of drug-likeness (QED) is 0.701. The van der Waals surface area contributed by atoms with Gasteiger partial charge in [-0.1, -0.05) is 41.1 Å². The summed E-state index contributed by atoms with van der Waals surface area (Å²) in [6.45, 7) is 2.39. The van der Waals surface area contributed by atoms with Crippen molar-refractivity contribution >= 4 is 12.0 Å². The van der Waals surface area contributed by atoms with Gasteiger partial charge in [0, 0.05) is 11.6 Å². The van der Waals surface area contributed by atoms with Crippen molar-refractivity contribution in [2.24, 2.45) is 0 Å². The molecule has 1 aliphatic rings. The van der Waals surface area contributed by atoms with Gasteiger partial charge in [0.05, 0.1) is 6.54 Å². The number of hydrogen-bond donors (Lipinski definition) is 1. The summed E-state index contributed by atoms with van der Waals surface area (Å²) in [5, 5.41) is 6.66. The van der Waals surface area contributed by atoms with Crippen LogP contribution in [-0.2, 0) is 11.3 Å². The molecule has 7 heteroatoms. The van der Waals surface area contributed by atoms with Gasteiger partial charge in [-0.15, -0.1) is 0 Å². The third-order valence-corrected chi connectivity index (χ3v) is 4.02. The lowest BCUT2D eigenvalue weighted by atomic mass is 10.1. The summed E-state index contributed by atoms with van der Waals surface area (Å²) in [5.74, 6) is 1.96. The maximum Gasteiger partial charge on any atom is 0.246 e. The van der Waals surface area contributed by atoms with E-state index in [4.69, 9.17) is 14.0 Å². The van der Waals surface area contributed by atoms with E-state index in [0.29, 0.717) is 23.2 Å². The summed E-state index contributed by atoms with van der Waals surface area (Å²) in [7, 11) is 0. The molecular formula is C20H17N3O4. The van der Waals surface area contributed by atoms with Crippen LogP contribution in [0.15, 0.2) is 53.1 Å². The van der Waals surface area contributed by atoms with Crippen molar-refractivity contribution in [3.63, 3.8) is 0 Å². The second kappa shape index (κ2) is 7.33. The lowest BCUT2D eigenvalue weighted by Crippen LogP contribution is -2.20. The van der Waals surface area contributed by atoms with Crippen LogP contribution in [0, 0.1) is 6.92 Å². The molecule has 0 spiro atoms. The molecule has 2 aromatic carbocycles. The molecule has 2 heterocycles. The fraction of sp³-hybridized carbons (Fsp3) is 0.150. The van der Waals surface area contributed by atoms with Gasteiger partial charge in [-0.25, -0.2) is 0 Å². The van der Waals surface area contributed by atoms with Gasteiger partial charge in [0.15, 0.2) is 11.5 Å². The van der Waals surface area contributed by atoms with E-state index in [-0.39, 0.29) is 19.2 Å². The average molecular weight is 363 g/mol. The Morgan fingerprint density at radius 2 is 1.96 bits per heavy atom. The van der Waals surface area contributed by atoms with Crippen LogP contribution in [-0.4, -0.2) is 22.8 Å². The van der Waals surface area contributed by atoms with Gasteiger partial charge < -0.3 is 19.3 Å². The molecule has 4 rings (SSSR count). The topological polar surface area (TPSA) is 86.5 Å². The molecule has 1 N–H and O–H groups in total. The first-order chi connectivity index (χ1) is 13.2. The zero-order valence-electron chi connectivity index (χ0n) is 14.6. The lowest BCUT2D eigenvalue weighted by Gasteiger charge is -1.99. The summed E-state index contributed by atoms with van der Waals surface area (Å²) < 4.78 is 15.8. The number of nitrogens with one attached hydrogen (secondary N) is 1. The van der Waals surface area contributed by atoms with Gasteiger partial charge in [-0.2, -0.15) is 4.98 Å². The van der Waals surface area contributed by atoms with Crippen molar-refractivity contribution in [3.8, 4) is 22.9 Å². The second-order valence-corrected chi connectivity index (χ2v) is 6.04. The van der Waals surface area contributed by atoms with E-state index in [0.717, 1.165) is 16.7 Å². The standard InChI is InChI=1S/C20H17N3O4/c1-13-2-6-15(7-3-13)20-22-19(27-23-20)11-21-18(24)9-5-14-4-8-16-17(10-14)26-12-25-16/h2-10H,11-12H2,1H3,(H,21,24)/b9-5+. The number of fused-ring (bicyclic) bond motifs is 1. The van der Waals surface area contributed by atoms with Crippen molar-refractivity contribution in [2.45, 2.75) is 13.5 Å². The van der Waals surface area contributed by atoms with E-state index in [1.54, 1.807) is 6.08 Å². The Morgan fingerprint density at radius 1 is 1.15 bits per heavy atom. The molecule has 0 radical (unpaired) electrons. The number of aryl methyl sites for hydroxylation is 1. The first kappa shape index (κ1) is 16.8. The fourth-order valence-electron chi connectivity index (χ4n) is 2.56. The fourth-order valence-corrected chi connectivity index (χ4v) is 2.56. The summed E-state index contributed by atoms with van der Waals surface area (Å²) in [6.07, 6.45) is 3.14. The Kier molecular flexibility index (Phi) is 4.57. The number of amides is 1. The van der Waals surface area contributed by atoms with Gasteiger partial charge in [0.1, 0.15) is 0 Å². The van der Waals surface area contributed by atoms with E-state index in [2.05, 4.69) is 15.5 Å². The number of aromatic nitrogens is 2. The van der Waals surface area contributed by atoms with Crippen LogP contribution in [0.4, 0.5) is 0 Å². The van der Waals surface area contributed by atoms with Crippen molar-refractivity contribution in [1.82, 2.24) is 15.5 Å². The van der Waals surface area contributed by atoms with E-state index >= 15 is 0 Å². The third-order valence-electron chi connectivity index (χ3n) is 4.02. The van der Waals surface area contributed by atoms with Gasteiger partial charge in [-0.05, 0) is 30.7 Å². The molecule has 0 saturated heterocycles. The summed E-state index contributed by atoms with van der Waals surface area (Å²) in [6, 6.07) is 13.3. The molecule has 0 fully saturated rings. The first-order valence-electron chi connectivity index (χ1n) is 8.42. The molecule has 1 aromatic heterocycles. The molecule has 7 nitrogen and oxygen atoms in total. The SMILES string of the molecule is Cc1ccc(-c2noc(CNC(=O)/C=C/c3ccc4c(c3)OCO4)n2)cc1. The van der Waals surface area contributed by atoms with E-state index in [1.807, 2.05) is 49.4 Å². The van der Waals surface area contributed by atoms with Crippen molar-refractivity contribution in [2.75, 3.05) is 6.79 Å². The molecule has 0 atom stereocenters. The zero-order valence-corrected chi connectivity index (χ0v) is 14.6. The molecule has 0 bridgehead atoms. The Labute approximate surface area is 155 Å². The van der Waals surface area contributed by atoms with Gasteiger partial charge in [0.2, 0.25) is 24.4 Å². The molecular weight excluding hydrogens is 346 g/mol. The Balaban J connectivity index is 1.33. The zero-order chi connectivity index (χ0) is 18.6. The van der Waals surface area contributed by atoms with Crippen molar-refractivity contribution in [1.29, 1.82) is 0 Å². The van der Waals surface area contributed by atoms with Crippen LogP contribution in [0.3, 0.4) is 0 Å². The van der Waals surface area contributed by atoms with Crippen LogP contribution in [0.25, 0.3) is 17.5 Å². The number of hydrogen-bond acceptors (Lipinski definition) is 6. The predicted octanol–water partition coefficient (Wildman–Crippen LogP) is 3.10.